The Balaban J connectivity index is 1.87. The minimum absolute atomic E-state index is 0.254. The third-order valence-corrected chi connectivity index (χ3v) is 3.42. The molecule has 2 aromatic rings. The molecule has 3 rings (SSSR count). The molecule has 0 radical (unpaired) electrons. The second kappa shape index (κ2) is 5.51. The first-order chi connectivity index (χ1) is 9.78. The average Bonchev–Trinajstić information content (AvgIpc) is 3.30. The molecular weight excluding hydrogens is 252 g/mol. The molecule has 0 amide bonds. The molecular formula is C16H18N2O2. The van der Waals surface area contributed by atoms with E-state index < -0.39 is 0 Å². The highest BCUT2D eigenvalue weighted by atomic mass is 16.5. The Morgan fingerprint density at radius 2 is 2.15 bits per heavy atom. The van der Waals surface area contributed by atoms with E-state index in [2.05, 4.69) is 4.98 Å². The van der Waals surface area contributed by atoms with Crippen molar-refractivity contribution in [2.75, 3.05) is 7.11 Å². The fraction of sp³-hybridized carbons (Fsp3) is 0.312. The lowest BCUT2D eigenvalue weighted by Gasteiger charge is -2.16. The van der Waals surface area contributed by atoms with Crippen molar-refractivity contribution in [2.24, 2.45) is 5.73 Å². The maximum absolute atomic E-state index is 6.34. The maximum Gasteiger partial charge on any atom is 0.142 e. The van der Waals surface area contributed by atoms with Crippen molar-refractivity contribution in [3.8, 4) is 11.5 Å². The molecule has 1 aromatic carbocycles. The number of benzene rings is 1. The number of ether oxygens (including phenoxy) is 2. The topological polar surface area (TPSA) is 57.4 Å². The van der Waals surface area contributed by atoms with Crippen LogP contribution in [0.15, 0.2) is 42.7 Å². The van der Waals surface area contributed by atoms with E-state index in [1.165, 1.54) is 0 Å². The van der Waals surface area contributed by atoms with E-state index in [9.17, 15) is 0 Å². The molecule has 0 aliphatic heterocycles. The first kappa shape index (κ1) is 12.9. The second-order valence-electron chi connectivity index (χ2n) is 4.98. The summed E-state index contributed by atoms with van der Waals surface area (Å²) >= 11 is 0. The van der Waals surface area contributed by atoms with Crippen LogP contribution >= 0.6 is 0 Å². The van der Waals surface area contributed by atoms with E-state index in [4.69, 9.17) is 15.2 Å². The number of nitrogens with two attached hydrogens (primary N) is 1. The van der Waals surface area contributed by atoms with Crippen LogP contribution in [0.2, 0.25) is 0 Å². The Morgan fingerprint density at radius 3 is 2.90 bits per heavy atom. The van der Waals surface area contributed by atoms with Crippen molar-refractivity contribution in [2.45, 2.75) is 25.0 Å². The van der Waals surface area contributed by atoms with Crippen molar-refractivity contribution >= 4 is 0 Å². The molecule has 1 unspecified atom stereocenters. The van der Waals surface area contributed by atoms with E-state index in [0.29, 0.717) is 11.9 Å². The van der Waals surface area contributed by atoms with Crippen molar-refractivity contribution in [1.82, 2.24) is 4.98 Å². The van der Waals surface area contributed by atoms with Gasteiger partial charge in [-0.15, -0.1) is 0 Å². The molecule has 1 aliphatic rings. The minimum Gasteiger partial charge on any atom is -0.495 e. The predicted molar refractivity (Wildman–Crippen MR) is 76.9 cm³/mol. The molecule has 0 saturated heterocycles. The Hall–Kier alpha value is -2.07. The summed E-state index contributed by atoms with van der Waals surface area (Å²) in [6.07, 6.45) is 6.09. The summed E-state index contributed by atoms with van der Waals surface area (Å²) in [6, 6.07) is 9.58. The quantitative estimate of drug-likeness (QED) is 0.907. The number of hydrogen-bond acceptors (Lipinski definition) is 4. The highest BCUT2D eigenvalue weighted by Crippen LogP contribution is 2.31. The van der Waals surface area contributed by atoms with Gasteiger partial charge in [0.05, 0.1) is 25.5 Å². The van der Waals surface area contributed by atoms with Crippen molar-refractivity contribution in [3.63, 3.8) is 0 Å². The first-order valence-electron chi connectivity index (χ1n) is 6.78. The number of rotatable bonds is 5. The normalized spacial score (nSPS) is 15.7. The SMILES string of the molecule is COc1cnccc1C(N)c1cccc(OC2CC2)c1. The summed E-state index contributed by atoms with van der Waals surface area (Å²) in [5, 5.41) is 0. The van der Waals surface area contributed by atoms with E-state index in [1.807, 2.05) is 30.3 Å². The van der Waals surface area contributed by atoms with Crippen LogP contribution in [0.25, 0.3) is 0 Å². The summed E-state index contributed by atoms with van der Waals surface area (Å²) in [5.74, 6) is 1.59. The summed E-state index contributed by atoms with van der Waals surface area (Å²) in [7, 11) is 1.62. The van der Waals surface area contributed by atoms with Gasteiger partial charge in [-0.2, -0.15) is 0 Å². The monoisotopic (exact) mass is 270 g/mol. The molecule has 1 fully saturated rings. The van der Waals surface area contributed by atoms with E-state index in [0.717, 1.165) is 29.7 Å². The molecule has 0 spiro atoms. The third-order valence-electron chi connectivity index (χ3n) is 3.42. The van der Waals surface area contributed by atoms with Gasteiger partial charge in [0.2, 0.25) is 0 Å². The van der Waals surface area contributed by atoms with Crippen molar-refractivity contribution in [1.29, 1.82) is 0 Å². The van der Waals surface area contributed by atoms with Gasteiger partial charge in [-0.3, -0.25) is 4.98 Å². The Labute approximate surface area is 118 Å². The van der Waals surface area contributed by atoms with Crippen molar-refractivity contribution < 1.29 is 9.47 Å². The maximum atomic E-state index is 6.34. The second-order valence-corrected chi connectivity index (χ2v) is 4.98. The fourth-order valence-corrected chi connectivity index (χ4v) is 2.16. The van der Waals surface area contributed by atoms with Crippen LogP contribution in [-0.4, -0.2) is 18.2 Å². The van der Waals surface area contributed by atoms with Crippen LogP contribution in [0.4, 0.5) is 0 Å². The van der Waals surface area contributed by atoms with Gasteiger partial charge in [0, 0.05) is 11.8 Å². The Morgan fingerprint density at radius 1 is 1.30 bits per heavy atom. The van der Waals surface area contributed by atoms with Crippen LogP contribution in [0.1, 0.15) is 30.0 Å². The van der Waals surface area contributed by atoms with E-state index in [1.54, 1.807) is 19.5 Å². The number of hydrogen-bond donors (Lipinski definition) is 1. The lowest BCUT2D eigenvalue weighted by Crippen LogP contribution is -2.13. The zero-order valence-corrected chi connectivity index (χ0v) is 11.5. The number of aromatic nitrogens is 1. The predicted octanol–water partition coefficient (Wildman–Crippen LogP) is 2.68. The average molecular weight is 270 g/mol. The van der Waals surface area contributed by atoms with Gasteiger partial charge in [-0.25, -0.2) is 0 Å². The molecule has 1 heterocycles. The van der Waals surface area contributed by atoms with Crippen LogP contribution in [-0.2, 0) is 0 Å². The van der Waals surface area contributed by atoms with Crippen LogP contribution < -0.4 is 15.2 Å². The first-order valence-corrected chi connectivity index (χ1v) is 6.78. The van der Waals surface area contributed by atoms with Gasteiger partial charge in [0.15, 0.2) is 0 Å². The lowest BCUT2D eigenvalue weighted by atomic mass is 10.00. The fourth-order valence-electron chi connectivity index (χ4n) is 2.16. The van der Waals surface area contributed by atoms with Gasteiger partial charge < -0.3 is 15.2 Å². The summed E-state index contributed by atoms with van der Waals surface area (Å²) in [5.41, 5.74) is 8.27. The number of pyridine rings is 1. The molecule has 2 N–H and O–H groups in total. The Bertz CT molecular complexity index is 597. The van der Waals surface area contributed by atoms with Crippen LogP contribution in [0.5, 0.6) is 11.5 Å². The van der Waals surface area contributed by atoms with E-state index in [-0.39, 0.29) is 6.04 Å². The molecule has 1 atom stereocenters. The van der Waals surface area contributed by atoms with Gasteiger partial charge >= 0.3 is 0 Å². The number of nitrogens with zero attached hydrogens (tertiary/aromatic N) is 1. The molecule has 104 valence electrons. The highest BCUT2D eigenvalue weighted by Gasteiger charge is 2.23. The summed E-state index contributed by atoms with van der Waals surface area (Å²) in [6.45, 7) is 0. The van der Waals surface area contributed by atoms with Crippen molar-refractivity contribution in [3.05, 3.63) is 53.9 Å². The van der Waals surface area contributed by atoms with E-state index >= 15 is 0 Å². The number of methoxy groups -OCH3 is 1. The van der Waals surface area contributed by atoms with Crippen LogP contribution in [0.3, 0.4) is 0 Å². The molecule has 4 heteroatoms. The standard InChI is InChI=1S/C16H18N2O2/c1-19-15-10-18-8-7-14(15)16(17)11-3-2-4-13(9-11)20-12-5-6-12/h2-4,7-10,12,16H,5-6,17H2,1H3. The highest BCUT2D eigenvalue weighted by molar-refractivity contribution is 5.41. The van der Waals surface area contributed by atoms with Gasteiger partial charge in [0.1, 0.15) is 11.5 Å². The third kappa shape index (κ3) is 2.75. The van der Waals surface area contributed by atoms with Crippen LogP contribution in [0, 0.1) is 0 Å². The summed E-state index contributed by atoms with van der Waals surface area (Å²) < 4.78 is 11.1. The Kier molecular flexibility index (Phi) is 3.56. The lowest BCUT2D eigenvalue weighted by molar-refractivity contribution is 0.303. The zero-order chi connectivity index (χ0) is 13.9. The van der Waals surface area contributed by atoms with Gasteiger partial charge in [-0.1, -0.05) is 12.1 Å². The van der Waals surface area contributed by atoms with Gasteiger partial charge in [-0.05, 0) is 36.6 Å². The molecule has 4 nitrogen and oxygen atoms in total. The molecule has 1 aliphatic carbocycles. The zero-order valence-electron chi connectivity index (χ0n) is 11.5. The summed E-state index contributed by atoms with van der Waals surface area (Å²) in [4.78, 5) is 4.05. The smallest absolute Gasteiger partial charge is 0.142 e. The molecule has 1 saturated carbocycles. The van der Waals surface area contributed by atoms with Gasteiger partial charge in [0.25, 0.3) is 0 Å². The molecule has 0 bridgehead atoms. The molecule has 20 heavy (non-hydrogen) atoms. The minimum atomic E-state index is -0.254. The largest absolute Gasteiger partial charge is 0.495 e. The molecule has 1 aromatic heterocycles.